The maximum Gasteiger partial charge on any atom is 0.248 e. The lowest BCUT2D eigenvalue weighted by Gasteiger charge is -2.32. The summed E-state index contributed by atoms with van der Waals surface area (Å²) in [5, 5.41) is 3.35. The third kappa shape index (κ3) is 6.36. The molecule has 5 nitrogen and oxygen atoms in total. The second-order valence-corrected chi connectivity index (χ2v) is 5.38. The van der Waals surface area contributed by atoms with Gasteiger partial charge in [0.2, 0.25) is 5.91 Å². The molecule has 1 N–H and O–H groups in total. The zero-order valence-electron chi connectivity index (χ0n) is 12.5. The lowest BCUT2D eigenvalue weighted by Crippen LogP contribution is -2.44. The molecular weight excluding hydrogens is 244 g/mol. The molecule has 0 aromatic heterocycles. The van der Waals surface area contributed by atoms with Crippen LogP contribution in [0.2, 0.25) is 0 Å². The third-order valence-electron chi connectivity index (χ3n) is 3.51. The van der Waals surface area contributed by atoms with E-state index in [-0.39, 0.29) is 18.6 Å². The Morgan fingerprint density at radius 2 is 2.00 bits per heavy atom. The highest BCUT2D eigenvalue weighted by Crippen LogP contribution is 2.15. The highest BCUT2D eigenvalue weighted by Gasteiger charge is 2.22. The van der Waals surface area contributed by atoms with E-state index in [1.165, 1.54) is 0 Å². The lowest BCUT2D eigenvalue weighted by molar-refractivity contribution is -0.139. The number of amides is 1. The lowest BCUT2D eigenvalue weighted by atomic mass is 9.97. The molecule has 1 saturated heterocycles. The summed E-state index contributed by atoms with van der Waals surface area (Å²) in [6.07, 6.45) is 2.31. The Balaban J connectivity index is 2.35. The average Bonchev–Trinajstić information content (AvgIpc) is 2.41. The number of carbonyl (C=O) groups is 1. The van der Waals surface area contributed by atoms with Crippen molar-refractivity contribution in [2.75, 3.05) is 46.6 Å². The predicted molar refractivity (Wildman–Crippen MR) is 75.1 cm³/mol. The number of nitrogens with zero attached hydrogens (tertiary/aromatic N) is 1. The summed E-state index contributed by atoms with van der Waals surface area (Å²) in [5.41, 5.74) is 0. The highest BCUT2D eigenvalue weighted by molar-refractivity contribution is 5.77. The van der Waals surface area contributed by atoms with E-state index in [1.54, 1.807) is 7.11 Å². The molecule has 1 fully saturated rings. The number of nitrogens with one attached hydrogen (secondary N) is 1. The molecule has 0 bridgehead atoms. The van der Waals surface area contributed by atoms with Gasteiger partial charge in [-0.1, -0.05) is 0 Å². The van der Waals surface area contributed by atoms with Gasteiger partial charge in [-0.05, 0) is 45.7 Å². The number of hydrogen-bond donors (Lipinski definition) is 1. The molecule has 1 rings (SSSR count). The molecule has 1 aliphatic rings. The largest absolute Gasteiger partial charge is 0.382 e. The van der Waals surface area contributed by atoms with Gasteiger partial charge in [-0.15, -0.1) is 0 Å². The first-order chi connectivity index (χ1) is 9.15. The summed E-state index contributed by atoms with van der Waals surface area (Å²) in [5.74, 6) is 0.705. The molecule has 0 spiro atoms. The molecule has 0 saturated carbocycles. The molecule has 0 aromatic carbocycles. The number of rotatable bonds is 8. The molecule has 0 unspecified atom stereocenters. The fraction of sp³-hybridized carbons (Fsp3) is 0.929. The Bertz CT molecular complexity index is 253. The molecule has 0 aromatic rings. The topological polar surface area (TPSA) is 50.8 Å². The normalized spacial score (nSPS) is 16.8. The highest BCUT2D eigenvalue weighted by atomic mass is 16.5. The summed E-state index contributed by atoms with van der Waals surface area (Å²) in [4.78, 5) is 14.1. The van der Waals surface area contributed by atoms with Gasteiger partial charge in [0.05, 0.1) is 13.2 Å². The monoisotopic (exact) mass is 272 g/mol. The van der Waals surface area contributed by atoms with Crippen molar-refractivity contribution >= 4 is 5.91 Å². The number of methoxy groups -OCH3 is 1. The number of ether oxygens (including phenoxy) is 2. The third-order valence-corrected chi connectivity index (χ3v) is 3.51. The van der Waals surface area contributed by atoms with Crippen molar-refractivity contribution in [3.63, 3.8) is 0 Å². The van der Waals surface area contributed by atoms with E-state index < -0.39 is 0 Å². The molecule has 19 heavy (non-hydrogen) atoms. The molecule has 0 radical (unpaired) electrons. The van der Waals surface area contributed by atoms with E-state index in [2.05, 4.69) is 19.2 Å². The van der Waals surface area contributed by atoms with Crippen LogP contribution in [0, 0.1) is 5.92 Å². The van der Waals surface area contributed by atoms with Crippen LogP contribution in [0.4, 0.5) is 0 Å². The zero-order valence-corrected chi connectivity index (χ0v) is 12.5. The minimum absolute atomic E-state index is 0.0876. The standard InChI is InChI=1S/C14H28N2O3/c1-12(2)16(10-13-4-6-15-7-5-13)14(17)11-19-9-8-18-3/h12-13,15H,4-11H2,1-3H3. The predicted octanol–water partition coefficient (Wildman–Crippen LogP) is 0.886. The summed E-state index contributed by atoms with van der Waals surface area (Å²) in [7, 11) is 1.63. The van der Waals surface area contributed by atoms with Gasteiger partial charge in [-0.2, -0.15) is 0 Å². The second kappa shape index (κ2) is 9.28. The maximum absolute atomic E-state index is 12.2. The molecule has 1 amide bonds. The number of piperidine rings is 1. The van der Waals surface area contributed by atoms with Gasteiger partial charge in [0.1, 0.15) is 6.61 Å². The number of carbonyl (C=O) groups excluding carboxylic acids is 1. The molecule has 0 atom stereocenters. The van der Waals surface area contributed by atoms with E-state index >= 15 is 0 Å². The summed E-state index contributed by atoms with van der Waals surface area (Å²) in [6, 6.07) is 0.230. The van der Waals surface area contributed by atoms with Crippen LogP contribution in [0.3, 0.4) is 0 Å². The first-order valence-electron chi connectivity index (χ1n) is 7.22. The molecule has 112 valence electrons. The summed E-state index contributed by atoms with van der Waals surface area (Å²) in [6.45, 7) is 8.27. The van der Waals surface area contributed by atoms with Gasteiger partial charge in [0, 0.05) is 19.7 Å². The van der Waals surface area contributed by atoms with Crippen LogP contribution in [-0.2, 0) is 14.3 Å². The number of hydrogen-bond acceptors (Lipinski definition) is 4. The van der Waals surface area contributed by atoms with Gasteiger partial charge in [0.15, 0.2) is 0 Å². The average molecular weight is 272 g/mol. The first-order valence-corrected chi connectivity index (χ1v) is 7.22. The van der Waals surface area contributed by atoms with Crippen molar-refractivity contribution in [3.05, 3.63) is 0 Å². The second-order valence-electron chi connectivity index (χ2n) is 5.38. The Morgan fingerprint density at radius 3 is 2.58 bits per heavy atom. The smallest absolute Gasteiger partial charge is 0.248 e. The van der Waals surface area contributed by atoms with Gasteiger partial charge in [0.25, 0.3) is 0 Å². The van der Waals surface area contributed by atoms with Crippen molar-refractivity contribution in [1.29, 1.82) is 0 Å². The fourth-order valence-corrected chi connectivity index (χ4v) is 2.33. The van der Waals surface area contributed by atoms with E-state index in [0.717, 1.165) is 32.5 Å². The van der Waals surface area contributed by atoms with Crippen molar-refractivity contribution in [2.45, 2.75) is 32.7 Å². The minimum Gasteiger partial charge on any atom is -0.382 e. The van der Waals surface area contributed by atoms with Crippen molar-refractivity contribution in [1.82, 2.24) is 10.2 Å². The van der Waals surface area contributed by atoms with Crippen molar-refractivity contribution in [3.8, 4) is 0 Å². The van der Waals surface area contributed by atoms with Crippen LogP contribution in [-0.4, -0.2) is 63.4 Å². The van der Waals surface area contributed by atoms with E-state index in [9.17, 15) is 4.79 Å². The van der Waals surface area contributed by atoms with Crippen LogP contribution in [0.5, 0.6) is 0 Å². The molecule has 0 aliphatic carbocycles. The van der Waals surface area contributed by atoms with Crippen LogP contribution < -0.4 is 5.32 Å². The minimum atomic E-state index is 0.0876. The van der Waals surface area contributed by atoms with Crippen LogP contribution in [0.15, 0.2) is 0 Å². The SMILES string of the molecule is COCCOCC(=O)N(CC1CCNCC1)C(C)C. The maximum atomic E-state index is 12.2. The van der Waals surface area contributed by atoms with Crippen LogP contribution in [0.1, 0.15) is 26.7 Å². The molecule has 5 heteroatoms. The Labute approximate surface area is 116 Å². The fourth-order valence-electron chi connectivity index (χ4n) is 2.33. The van der Waals surface area contributed by atoms with Gasteiger partial charge in [-0.25, -0.2) is 0 Å². The van der Waals surface area contributed by atoms with Gasteiger partial charge in [-0.3, -0.25) is 4.79 Å². The summed E-state index contributed by atoms with van der Waals surface area (Å²) < 4.78 is 10.2. The quantitative estimate of drug-likeness (QED) is 0.667. The molecular formula is C14H28N2O3. The zero-order chi connectivity index (χ0) is 14.1. The first kappa shape index (κ1) is 16.4. The Kier molecular flexibility index (Phi) is 8.02. The van der Waals surface area contributed by atoms with Crippen LogP contribution in [0.25, 0.3) is 0 Å². The molecule has 1 aliphatic heterocycles. The molecule has 1 heterocycles. The van der Waals surface area contributed by atoms with E-state index in [0.29, 0.717) is 19.1 Å². The summed E-state index contributed by atoms with van der Waals surface area (Å²) >= 11 is 0. The Hall–Kier alpha value is -0.650. The van der Waals surface area contributed by atoms with Crippen LogP contribution >= 0.6 is 0 Å². The van der Waals surface area contributed by atoms with Crippen molar-refractivity contribution in [2.24, 2.45) is 5.92 Å². The van der Waals surface area contributed by atoms with Gasteiger partial charge < -0.3 is 19.7 Å². The van der Waals surface area contributed by atoms with Crippen molar-refractivity contribution < 1.29 is 14.3 Å². The Morgan fingerprint density at radius 1 is 1.32 bits per heavy atom. The van der Waals surface area contributed by atoms with E-state index in [1.807, 2.05) is 4.90 Å². The van der Waals surface area contributed by atoms with Gasteiger partial charge >= 0.3 is 0 Å². The van der Waals surface area contributed by atoms with E-state index in [4.69, 9.17) is 9.47 Å².